The number of carbonyl (C=O) groups is 2. The summed E-state index contributed by atoms with van der Waals surface area (Å²) in [6, 6.07) is 3.38. The van der Waals surface area contributed by atoms with Crippen molar-refractivity contribution < 1.29 is 14.3 Å². The molecule has 0 aliphatic rings. The lowest BCUT2D eigenvalue weighted by Crippen LogP contribution is -2.08. The minimum atomic E-state index is -0.440. The molecule has 18 heavy (non-hydrogen) atoms. The molecule has 0 aliphatic carbocycles. The zero-order valence-electron chi connectivity index (χ0n) is 10.4. The van der Waals surface area contributed by atoms with Crippen LogP contribution in [0.3, 0.4) is 0 Å². The first-order valence-corrected chi connectivity index (χ1v) is 5.39. The summed E-state index contributed by atoms with van der Waals surface area (Å²) in [7, 11) is 1.31. The van der Waals surface area contributed by atoms with E-state index in [1.54, 1.807) is 31.2 Å². The van der Waals surface area contributed by atoms with Crippen LogP contribution in [0.5, 0.6) is 0 Å². The SMILES string of the molecule is COC(=O)c1cc(C=CCC(N)=O)cc(N)c1C. The highest BCUT2D eigenvalue weighted by Gasteiger charge is 2.12. The van der Waals surface area contributed by atoms with Gasteiger partial charge in [0.25, 0.3) is 0 Å². The van der Waals surface area contributed by atoms with E-state index in [0.29, 0.717) is 16.8 Å². The number of amides is 1. The largest absolute Gasteiger partial charge is 0.465 e. The van der Waals surface area contributed by atoms with E-state index in [0.717, 1.165) is 5.56 Å². The fraction of sp³-hybridized carbons (Fsp3) is 0.231. The molecule has 0 unspecified atom stereocenters. The quantitative estimate of drug-likeness (QED) is 0.619. The average Bonchev–Trinajstić information content (AvgIpc) is 2.32. The van der Waals surface area contributed by atoms with Gasteiger partial charge in [-0.1, -0.05) is 12.2 Å². The normalized spacial score (nSPS) is 10.6. The summed E-state index contributed by atoms with van der Waals surface area (Å²) in [6.07, 6.45) is 3.45. The van der Waals surface area contributed by atoms with E-state index in [1.165, 1.54) is 7.11 Å². The molecule has 0 heterocycles. The first kappa shape index (κ1) is 13.8. The number of ether oxygens (including phenoxy) is 1. The molecule has 0 aliphatic heterocycles. The van der Waals surface area contributed by atoms with Gasteiger partial charge in [0.1, 0.15) is 0 Å². The third kappa shape index (κ3) is 3.35. The number of esters is 1. The molecule has 4 N–H and O–H groups in total. The molecular weight excluding hydrogens is 232 g/mol. The van der Waals surface area contributed by atoms with E-state index in [2.05, 4.69) is 4.74 Å². The van der Waals surface area contributed by atoms with E-state index in [1.807, 2.05) is 0 Å². The average molecular weight is 248 g/mol. The van der Waals surface area contributed by atoms with E-state index in [9.17, 15) is 9.59 Å². The maximum atomic E-state index is 11.5. The van der Waals surface area contributed by atoms with Crippen LogP contribution < -0.4 is 11.5 Å². The van der Waals surface area contributed by atoms with E-state index in [4.69, 9.17) is 11.5 Å². The Morgan fingerprint density at radius 1 is 1.39 bits per heavy atom. The molecule has 0 saturated heterocycles. The van der Waals surface area contributed by atoms with Crippen LogP contribution in [-0.4, -0.2) is 19.0 Å². The number of rotatable bonds is 4. The second kappa shape index (κ2) is 5.86. The highest BCUT2D eigenvalue weighted by molar-refractivity contribution is 5.93. The molecule has 0 saturated carbocycles. The fourth-order valence-corrected chi connectivity index (χ4v) is 1.49. The van der Waals surface area contributed by atoms with Crippen molar-refractivity contribution in [2.75, 3.05) is 12.8 Å². The molecule has 1 rings (SSSR count). The van der Waals surface area contributed by atoms with Gasteiger partial charge in [0.2, 0.25) is 5.91 Å². The van der Waals surface area contributed by atoms with Crippen molar-refractivity contribution in [3.05, 3.63) is 34.9 Å². The lowest BCUT2D eigenvalue weighted by molar-refractivity contribution is -0.117. The first-order valence-electron chi connectivity index (χ1n) is 5.39. The summed E-state index contributed by atoms with van der Waals surface area (Å²) < 4.78 is 4.68. The topological polar surface area (TPSA) is 95.4 Å². The van der Waals surface area contributed by atoms with Gasteiger partial charge in [-0.15, -0.1) is 0 Å². The van der Waals surface area contributed by atoms with Crippen LogP contribution in [0.25, 0.3) is 6.08 Å². The van der Waals surface area contributed by atoms with Crippen molar-refractivity contribution >= 4 is 23.6 Å². The van der Waals surface area contributed by atoms with Crippen LogP contribution in [0, 0.1) is 6.92 Å². The Hall–Kier alpha value is -2.30. The number of benzene rings is 1. The molecule has 1 aromatic carbocycles. The van der Waals surface area contributed by atoms with Gasteiger partial charge in [-0.25, -0.2) is 4.79 Å². The van der Waals surface area contributed by atoms with Crippen LogP contribution >= 0.6 is 0 Å². The second-order valence-electron chi connectivity index (χ2n) is 3.85. The lowest BCUT2D eigenvalue weighted by atomic mass is 10.0. The smallest absolute Gasteiger partial charge is 0.338 e. The van der Waals surface area contributed by atoms with E-state index < -0.39 is 11.9 Å². The fourth-order valence-electron chi connectivity index (χ4n) is 1.49. The Morgan fingerprint density at radius 2 is 2.06 bits per heavy atom. The van der Waals surface area contributed by atoms with Gasteiger partial charge in [0.15, 0.2) is 0 Å². The Morgan fingerprint density at radius 3 is 2.61 bits per heavy atom. The predicted molar refractivity (Wildman–Crippen MR) is 69.8 cm³/mol. The zero-order valence-corrected chi connectivity index (χ0v) is 10.4. The standard InChI is InChI=1S/C13H16N2O3/c1-8-10(13(17)18-2)6-9(7-11(8)14)4-3-5-12(15)16/h3-4,6-7H,5,14H2,1-2H3,(H2,15,16). The molecule has 96 valence electrons. The minimum Gasteiger partial charge on any atom is -0.465 e. The number of nitrogens with two attached hydrogens (primary N) is 2. The molecule has 0 spiro atoms. The highest BCUT2D eigenvalue weighted by Crippen LogP contribution is 2.20. The molecule has 1 amide bonds. The third-order valence-electron chi connectivity index (χ3n) is 2.50. The van der Waals surface area contributed by atoms with Crippen molar-refractivity contribution in [2.45, 2.75) is 13.3 Å². The number of carbonyl (C=O) groups excluding carboxylic acids is 2. The molecule has 5 nitrogen and oxygen atoms in total. The van der Waals surface area contributed by atoms with Gasteiger partial charge in [0.05, 0.1) is 12.7 Å². The van der Waals surface area contributed by atoms with Crippen LogP contribution in [0.1, 0.15) is 27.9 Å². The number of hydrogen-bond acceptors (Lipinski definition) is 4. The monoisotopic (exact) mass is 248 g/mol. The van der Waals surface area contributed by atoms with Gasteiger partial charge in [-0.3, -0.25) is 4.79 Å². The summed E-state index contributed by atoms with van der Waals surface area (Å²) in [5, 5.41) is 0. The Bertz CT molecular complexity index is 507. The maximum absolute atomic E-state index is 11.5. The number of primary amides is 1. The van der Waals surface area contributed by atoms with Gasteiger partial charge in [0, 0.05) is 12.1 Å². The Balaban J connectivity index is 3.08. The van der Waals surface area contributed by atoms with E-state index in [-0.39, 0.29) is 6.42 Å². The minimum absolute atomic E-state index is 0.140. The Kier molecular flexibility index (Phi) is 4.48. The van der Waals surface area contributed by atoms with Gasteiger partial charge in [-0.2, -0.15) is 0 Å². The molecule has 0 bridgehead atoms. The van der Waals surface area contributed by atoms with Gasteiger partial charge in [-0.05, 0) is 30.2 Å². The number of nitrogen functional groups attached to an aromatic ring is 1. The maximum Gasteiger partial charge on any atom is 0.338 e. The number of anilines is 1. The molecule has 0 atom stereocenters. The molecule has 0 fully saturated rings. The molecule has 0 aromatic heterocycles. The van der Waals surface area contributed by atoms with Crippen LogP contribution in [-0.2, 0) is 9.53 Å². The van der Waals surface area contributed by atoms with Gasteiger partial charge < -0.3 is 16.2 Å². The first-order chi connectivity index (χ1) is 8.45. The summed E-state index contributed by atoms with van der Waals surface area (Å²) in [6.45, 7) is 1.75. The van der Waals surface area contributed by atoms with Crippen molar-refractivity contribution in [3.63, 3.8) is 0 Å². The second-order valence-corrected chi connectivity index (χ2v) is 3.85. The summed E-state index contributed by atoms with van der Waals surface area (Å²) in [5.74, 6) is -0.858. The summed E-state index contributed by atoms with van der Waals surface area (Å²) in [4.78, 5) is 22.1. The predicted octanol–water partition coefficient (Wildman–Crippen LogP) is 1.25. The van der Waals surface area contributed by atoms with Gasteiger partial charge >= 0.3 is 5.97 Å². The lowest BCUT2D eigenvalue weighted by Gasteiger charge is -2.08. The summed E-state index contributed by atoms with van der Waals surface area (Å²) in [5.41, 5.74) is 13.1. The number of methoxy groups -OCH3 is 1. The van der Waals surface area contributed by atoms with Crippen molar-refractivity contribution in [1.29, 1.82) is 0 Å². The molecule has 0 radical (unpaired) electrons. The molecular formula is C13H16N2O3. The zero-order chi connectivity index (χ0) is 13.7. The highest BCUT2D eigenvalue weighted by atomic mass is 16.5. The Labute approximate surface area is 105 Å². The third-order valence-corrected chi connectivity index (χ3v) is 2.50. The number of hydrogen-bond donors (Lipinski definition) is 2. The van der Waals surface area contributed by atoms with Crippen LogP contribution in [0.15, 0.2) is 18.2 Å². The molecule has 5 heteroatoms. The van der Waals surface area contributed by atoms with E-state index >= 15 is 0 Å². The summed E-state index contributed by atoms with van der Waals surface area (Å²) >= 11 is 0. The van der Waals surface area contributed by atoms with Crippen molar-refractivity contribution in [1.82, 2.24) is 0 Å². The molecule has 1 aromatic rings. The van der Waals surface area contributed by atoms with Crippen molar-refractivity contribution in [2.24, 2.45) is 5.73 Å². The van der Waals surface area contributed by atoms with Crippen LogP contribution in [0.4, 0.5) is 5.69 Å². The van der Waals surface area contributed by atoms with Crippen LogP contribution in [0.2, 0.25) is 0 Å². The van der Waals surface area contributed by atoms with Crippen molar-refractivity contribution in [3.8, 4) is 0 Å².